The number of benzene rings is 1. The lowest BCUT2D eigenvalue weighted by molar-refractivity contribution is -0.122. The fraction of sp³-hybridized carbons (Fsp3) is 0.650. The van der Waals surface area contributed by atoms with Gasteiger partial charge in [0, 0.05) is 6.54 Å². The minimum Gasteiger partial charge on any atom is -0.494 e. The van der Waals surface area contributed by atoms with Crippen LogP contribution in [-0.4, -0.2) is 50.6 Å². The highest BCUT2D eigenvalue weighted by Gasteiger charge is 2.20. The van der Waals surface area contributed by atoms with Crippen molar-refractivity contribution in [3.63, 3.8) is 0 Å². The highest BCUT2D eigenvalue weighted by molar-refractivity contribution is 5.85. The summed E-state index contributed by atoms with van der Waals surface area (Å²) in [5.41, 5.74) is 1.08. The molecule has 0 aromatic heterocycles. The number of ether oxygens (including phenoxy) is 1. The normalized spacial score (nSPS) is 15.3. The number of rotatable bonds is 10. The number of hydrogen-bond acceptors (Lipinski definition) is 4. The maximum Gasteiger partial charge on any atom is 0.234 e. The predicted octanol–water partition coefficient (Wildman–Crippen LogP) is 2.83. The summed E-state index contributed by atoms with van der Waals surface area (Å²) in [6.07, 6.45) is 4.64. The second-order valence-electron chi connectivity index (χ2n) is 6.88. The molecule has 1 fully saturated rings. The van der Waals surface area contributed by atoms with E-state index in [1.54, 1.807) is 0 Å². The van der Waals surface area contributed by atoms with Gasteiger partial charge < -0.3 is 15.4 Å². The number of carbonyl (C=O) groups excluding carboxylic acids is 1. The first-order valence-electron chi connectivity index (χ1n) is 9.56. The molecule has 1 aliphatic rings. The van der Waals surface area contributed by atoms with Crippen molar-refractivity contribution in [3.8, 4) is 5.75 Å². The van der Waals surface area contributed by atoms with Gasteiger partial charge in [-0.3, -0.25) is 9.69 Å². The lowest BCUT2D eigenvalue weighted by Gasteiger charge is -2.31. The zero-order valence-corrected chi connectivity index (χ0v) is 16.9. The number of hydrogen-bond donors (Lipinski definition) is 2. The molecule has 2 rings (SSSR count). The van der Waals surface area contributed by atoms with Crippen LogP contribution in [0.15, 0.2) is 24.3 Å². The summed E-state index contributed by atoms with van der Waals surface area (Å²) >= 11 is 0. The molecule has 0 spiro atoms. The molecule has 1 heterocycles. The van der Waals surface area contributed by atoms with Crippen LogP contribution in [-0.2, 0) is 11.3 Å². The summed E-state index contributed by atoms with van der Waals surface area (Å²) in [5.74, 6) is 1.78. The fourth-order valence-electron chi connectivity index (χ4n) is 3.21. The van der Waals surface area contributed by atoms with E-state index in [-0.39, 0.29) is 18.3 Å². The summed E-state index contributed by atoms with van der Waals surface area (Å²) in [7, 11) is 2.01. The standard InChI is InChI=1S/C20H33N3O2.ClH/c1-3-13-25-19-6-4-5-18(14-19)15-22-20(24)16-23-11-8-17(9-12-23)7-10-21-2;/h4-6,14,17,21H,3,7-13,15-16H2,1-2H3,(H,22,24);1H. The summed E-state index contributed by atoms with van der Waals surface area (Å²) < 4.78 is 5.64. The smallest absolute Gasteiger partial charge is 0.234 e. The molecule has 0 radical (unpaired) electrons. The van der Waals surface area contributed by atoms with Crippen LogP contribution in [0.3, 0.4) is 0 Å². The molecule has 0 saturated carbocycles. The molecular weight excluding hydrogens is 350 g/mol. The zero-order chi connectivity index (χ0) is 17.9. The third kappa shape index (κ3) is 8.39. The Morgan fingerprint density at radius 3 is 2.77 bits per heavy atom. The third-order valence-electron chi connectivity index (χ3n) is 4.74. The molecule has 0 atom stereocenters. The molecule has 1 amide bonds. The van der Waals surface area contributed by atoms with Gasteiger partial charge in [0.2, 0.25) is 5.91 Å². The SMILES string of the molecule is CCCOc1cccc(CNC(=O)CN2CCC(CCNC)CC2)c1.Cl. The average molecular weight is 384 g/mol. The van der Waals surface area contributed by atoms with Gasteiger partial charge in [0.15, 0.2) is 0 Å². The molecule has 1 aromatic rings. The van der Waals surface area contributed by atoms with Crippen molar-refractivity contribution in [3.05, 3.63) is 29.8 Å². The van der Waals surface area contributed by atoms with Crippen molar-refractivity contribution in [2.45, 2.75) is 39.2 Å². The number of nitrogens with one attached hydrogen (secondary N) is 2. The molecule has 0 bridgehead atoms. The van der Waals surface area contributed by atoms with E-state index in [4.69, 9.17) is 4.74 Å². The molecule has 1 aliphatic heterocycles. The Balaban J connectivity index is 0.00000338. The van der Waals surface area contributed by atoms with Gasteiger partial charge in [0.1, 0.15) is 5.75 Å². The first kappa shape index (κ1) is 22.7. The number of piperidine rings is 1. The van der Waals surface area contributed by atoms with E-state index >= 15 is 0 Å². The van der Waals surface area contributed by atoms with Crippen molar-refractivity contribution >= 4 is 18.3 Å². The Bertz CT molecular complexity index is 520. The van der Waals surface area contributed by atoms with Gasteiger partial charge in [-0.05, 0) is 76.0 Å². The van der Waals surface area contributed by atoms with Gasteiger partial charge in [-0.1, -0.05) is 19.1 Å². The Morgan fingerprint density at radius 1 is 1.31 bits per heavy atom. The second-order valence-corrected chi connectivity index (χ2v) is 6.88. The van der Waals surface area contributed by atoms with Crippen LogP contribution in [0, 0.1) is 5.92 Å². The molecule has 5 nitrogen and oxygen atoms in total. The van der Waals surface area contributed by atoms with Crippen LogP contribution >= 0.6 is 12.4 Å². The Kier molecular flexibility index (Phi) is 11.3. The maximum absolute atomic E-state index is 12.2. The van der Waals surface area contributed by atoms with Gasteiger partial charge in [0.05, 0.1) is 13.2 Å². The molecule has 1 saturated heterocycles. The van der Waals surface area contributed by atoms with Crippen LogP contribution in [0.5, 0.6) is 5.75 Å². The highest BCUT2D eigenvalue weighted by Crippen LogP contribution is 2.19. The van der Waals surface area contributed by atoms with Crippen LogP contribution < -0.4 is 15.4 Å². The van der Waals surface area contributed by atoms with Crippen molar-refractivity contribution in [2.75, 3.05) is 39.8 Å². The molecule has 0 unspecified atom stereocenters. The molecular formula is C20H34ClN3O2. The monoisotopic (exact) mass is 383 g/mol. The van der Waals surface area contributed by atoms with Crippen molar-refractivity contribution in [2.24, 2.45) is 5.92 Å². The van der Waals surface area contributed by atoms with Crippen LogP contribution in [0.25, 0.3) is 0 Å². The lowest BCUT2D eigenvalue weighted by atomic mass is 9.93. The van der Waals surface area contributed by atoms with E-state index in [1.807, 2.05) is 31.3 Å². The van der Waals surface area contributed by atoms with Crippen LogP contribution in [0.2, 0.25) is 0 Å². The molecule has 2 N–H and O–H groups in total. The third-order valence-corrected chi connectivity index (χ3v) is 4.74. The fourth-order valence-corrected chi connectivity index (χ4v) is 3.21. The van der Waals surface area contributed by atoms with Gasteiger partial charge in [-0.2, -0.15) is 0 Å². The minimum atomic E-state index is 0. The highest BCUT2D eigenvalue weighted by atomic mass is 35.5. The molecule has 0 aliphatic carbocycles. The van der Waals surface area contributed by atoms with Crippen LogP contribution in [0.1, 0.15) is 38.2 Å². The largest absolute Gasteiger partial charge is 0.494 e. The second kappa shape index (κ2) is 13.0. The minimum absolute atomic E-state index is 0. The topological polar surface area (TPSA) is 53.6 Å². The maximum atomic E-state index is 12.2. The summed E-state index contributed by atoms with van der Waals surface area (Å²) in [5, 5.41) is 6.25. The quantitative estimate of drug-likeness (QED) is 0.652. The van der Waals surface area contributed by atoms with E-state index in [0.29, 0.717) is 13.1 Å². The Morgan fingerprint density at radius 2 is 2.08 bits per heavy atom. The molecule has 26 heavy (non-hydrogen) atoms. The average Bonchev–Trinajstić information content (AvgIpc) is 2.64. The van der Waals surface area contributed by atoms with E-state index < -0.39 is 0 Å². The molecule has 148 valence electrons. The number of nitrogens with zero attached hydrogens (tertiary/aromatic N) is 1. The number of halogens is 1. The van der Waals surface area contributed by atoms with Gasteiger partial charge in [-0.15, -0.1) is 12.4 Å². The van der Waals surface area contributed by atoms with Gasteiger partial charge in [0.25, 0.3) is 0 Å². The number of carbonyl (C=O) groups is 1. The summed E-state index contributed by atoms with van der Waals surface area (Å²) in [6.45, 7) is 7.02. The van der Waals surface area contributed by atoms with Crippen molar-refractivity contribution in [1.29, 1.82) is 0 Å². The molecule has 6 heteroatoms. The zero-order valence-electron chi connectivity index (χ0n) is 16.1. The predicted molar refractivity (Wildman–Crippen MR) is 109 cm³/mol. The van der Waals surface area contributed by atoms with Crippen molar-refractivity contribution in [1.82, 2.24) is 15.5 Å². The van der Waals surface area contributed by atoms with Gasteiger partial charge >= 0.3 is 0 Å². The van der Waals surface area contributed by atoms with E-state index in [2.05, 4.69) is 22.5 Å². The number of amides is 1. The Hall–Kier alpha value is -1.30. The van der Waals surface area contributed by atoms with Crippen molar-refractivity contribution < 1.29 is 9.53 Å². The first-order valence-corrected chi connectivity index (χ1v) is 9.56. The summed E-state index contributed by atoms with van der Waals surface area (Å²) in [4.78, 5) is 14.5. The Labute approximate surface area is 164 Å². The van der Waals surface area contributed by atoms with E-state index in [0.717, 1.165) is 49.9 Å². The van der Waals surface area contributed by atoms with Crippen LogP contribution in [0.4, 0.5) is 0 Å². The number of likely N-dealkylation sites (tertiary alicyclic amines) is 1. The molecule has 1 aromatic carbocycles. The first-order chi connectivity index (χ1) is 12.2. The van der Waals surface area contributed by atoms with E-state index in [1.165, 1.54) is 19.3 Å². The van der Waals surface area contributed by atoms with Gasteiger partial charge in [-0.25, -0.2) is 0 Å². The summed E-state index contributed by atoms with van der Waals surface area (Å²) in [6, 6.07) is 7.96. The lowest BCUT2D eigenvalue weighted by Crippen LogP contribution is -2.41. The van der Waals surface area contributed by atoms with E-state index in [9.17, 15) is 4.79 Å².